The molecule has 0 bridgehead atoms. The van der Waals surface area contributed by atoms with Crippen molar-refractivity contribution in [2.45, 2.75) is 195 Å². The predicted octanol–water partition coefficient (Wildman–Crippen LogP) is -7.25. The summed E-state index contributed by atoms with van der Waals surface area (Å²) in [5.74, 6) is -20.6. The van der Waals surface area contributed by atoms with Crippen molar-refractivity contribution in [3.63, 3.8) is 0 Å². The molecule has 0 unspecified atom stereocenters. The molecule has 0 fully saturated rings. The number of aliphatic carboxylic acids is 1. The van der Waals surface area contributed by atoms with Crippen LogP contribution < -0.4 is 110 Å². The van der Waals surface area contributed by atoms with Gasteiger partial charge in [-0.1, -0.05) is 78.9 Å². The van der Waals surface area contributed by atoms with Gasteiger partial charge in [-0.2, -0.15) is 0 Å². The van der Waals surface area contributed by atoms with Crippen molar-refractivity contribution in [1.82, 2.24) is 68.8 Å². The molecule has 31 N–H and O–H groups in total. The Kier molecular flexibility index (Phi) is 38.6. The molecular formula is C72H100N22O20. The molecule has 1 heterocycles. The quantitative estimate of drug-likeness (QED) is 0.0111. The largest absolute Gasteiger partial charge is 0.481 e. The third-order valence-electron chi connectivity index (χ3n) is 17.4. The number of amides is 18. The van der Waals surface area contributed by atoms with Gasteiger partial charge in [-0.05, 0) is 80.5 Å². The molecule has 0 saturated heterocycles. The van der Waals surface area contributed by atoms with Gasteiger partial charge < -0.3 is 120 Å². The molecular weight excluding hydrogens is 1490 g/mol. The summed E-state index contributed by atoms with van der Waals surface area (Å²) in [6, 6.07) is 3.79. The molecule has 42 nitrogen and oxygen atoms in total. The van der Waals surface area contributed by atoms with Crippen LogP contribution in [0.2, 0.25) is 0 Å². The van der Waals surface area contributed by atoms with Gasteiger partial charge in [-0.25, -0.2) is 0 Å². The van der Waals surface area contributed by atoms with Crippen LogP contribution in [0.1, 0.15) is 126 Å². The van der Waals surface area contributed by atoms with E-state index in [1.54, 1.807) is 84.9 Å². The number of aromatic nitrogens is 1. The summed E-state index contributed by atoms with van der Waals surface area (Å²) in [4.78, 5) is 257. The molecule has 42 heteroatoms. The number of nitrogens with two attached hydrogens (primary N) is 8. The monoisotopic (exact) mass is 1590 g/mol. The summed E-state index contributed by atoms with van der Waals surface area (Å²) in [6.07, 6.45) is -7.41. The van der Waals surface area contributed by atoms with Crippen molar-refractivity contribution in [3.8, 4) is 0 Å². The molecule has 0 aliphatic heterocycles. The number of benzene rings is 3. The Hall–Kier alpha value is -13.6. The van der Waals surface area contributed by atoms with Crippen LogP contribution >= 0.6 is 0 Å². The number of carboxylic acid groups (broad SMARTS) is 1. The fourth-order valence-corrected chi connectivity index (χ4v) is 11.5. The third kappa shape index (κ3) is 34.5. The van der Waals surface area contributed by atoms with Crippen molar-refractivity contribution >= 4 is 129 Å². The van der Waals surface area contributed by atoms with Crippen molar-refractivity contribution in [3.05, 3.63) is 108 Å². The predicted molar refractivity (Wildman–Crippen MR) is 405 cm³/mol. The van der Waals surface area contributed by atoms with E-state index < -0.39 is 268 Å². The zero-order valence-electron chi connectivity index (χ0n) is 62.5. The number of carbonyl (C=O) groups excluding carboxylic acids is 18. The number of H-pyrrole nitrogens is 1. The Morgan fingerprint density at radius 1 is 0.342 bits per heavy atom. The molecule has 0 aliphatic carbocycles. The molecule has 3 aromatic carbocycles. The summed E-state index contributed by atoms with van der Waals surface area (Å²) in [7, 11) is 0. The molecule has 114 heavy (non-hydrogen) atoms. The van der Waals surface area contributed by atoms with Gasteiger partial charge in [-0.15, -0.1) is 0 Å². The molecule has 18 amide bonds. The number of para-hydroxylation sites is 1. The maximum Gasteiger partial charge on any atom is 0.303 e. The number of aromatic amines is 1. The van der Waals surface area contributed by atoms with Crippen LogP contribution in [0.15, 0.2) is 91.1 Å². The molecule has 4 rings (SSSR count). The van der Waals surface area contributed by atoms with E-state index in [1.165, 1.54) is 6.20 Å². The number of nitrogens with one attached hydrogen (secondary N) is 14. The fourth-order valence-electron chi connectivity index (χ4n) is 11.5. The van der Waals surface area contributed by atoms with Gasteiger partial charge in [0.1, 0.15) is 66.5 Å². The highest BCUT2D eigenvalue weighted by Gasteiger charge is 2.38. The molecule has 1 aromatic heterocycles. The van der Waals surface area contributed by atoms with Crippen molar-refractivity contribution in [2.75, 3.05) is 6.54 Å². The van der Waals surface area contributed by atoms with Crippen LogP contribution in [0, 0.1) is 5.41 Å². The average molecular weight is 1590 g/mol. The Morgan fingerprint density at radius 2 is 0.614 bits per heavy atom. The number of hydrogen-bond acceptors (Lipinski definition) is 20. The summed E-state index contributed by atoms with van der Waals surface area (Å²) in [5.41, 5.74) is 45.1. The highest BCUT2D eigenvalue weighted by Crippen LogP contribution is 2.21. The molecule has 0 spiro atoms. The molecule has 0 saturated carbocycles. The first kappa shape index (κ1) is 92.8. The lowest BCUT2D eigenvalue weighted by molar-refractivity contribution is -0.139. The fraction of sp³-hybridized carbons (Fsp3) is 0.444. The first-order chi connectivity index (χ1) is 53.9. The van der Waals surface area contributed by atoms with Crippen LogP contribution in [0.4, 0.5) is 0 Å². The highest BCUT2D eigenvalue weighted by molar-refractivity contribution is 6.01. The van der Waals surface area contributed by atoms with E-state index in [1.807, 2.05) is 0 Å². The molecule has 0 aliphatic rings. The van der Waals surface area contributed by atoms with Gasteiger partial charge in [0, 0.05) is 94.8 Å². The number of carboxylic acids is 1. The molecule has 4 aromatic rings. The second kappa shape index (κ2) is 47.5. The summed E-state index contributed by atoms with van der Waals surface area (Å²) < 4.78 is 0. The summed E-state index contributed by atoms with van der Waals surface area (Å²) in [6.45, 7) is 1.03. The van der Waals surface area contributed by atoms with E-state index in [4.69, 9.17) is 51.3 Å². The number of fused-ring (bicyclic) bond motifs is 1. The molecule has 11 atom stereocenters. The van der Waals surface area contributed by atoms with Crippen LogP contribution in [0.5, 0.6) is 0 Å². The minimum Gasteiger partial charge on any atom is -0.481 e. The van der Waals surface area contributed by atoms with Crippen LogP contribution in [-0.4, -0.2) is 201 Å². The topological polar surface area (TPSA) is 737 Å². The Labute approximate surface area is 652 Å². The van der Waals surface area contributed by atoms with Crippen molar-refractivity contribution < 1.29 is 96.2 Å². The maximum atomic E-state index is 15.2. The zero-order valence-corrected chi connectivity index (χ0v) is 62.5. The Bertz CT molecular complexity index is 4130. The maximum absolute atomic E-state index is 15.2. The van der Waals surface area contributed by atoms with E-state index in [2.05, 4.69) is 68.8 Å². The standard InChI is InChI=1S/C72H100N22O20/c1-37(95)84-45(19-26-55(74)97)63(106)87-47(21-28-57(76)99)65(108)86-44(17-10-32-82-72(80)81)62(105)92-51(33-38-11-4-2-5-12-38)69(112)89-49(23-30-59(78)101)68(111)94-53(35-40-36-83-42-16-9-8-15-41(40)42)71(114)90-48(22-29-58(77)100)67(110)93-52(34-39-13-6-3-7-14-39)70(113)91-50(24-31-60(102)103)66(109)88-46(20-27-56(75)98)64(107)85-43(61(79)104)18-25-54(73)96/h2-9,11-16,36,43-53,83H,10,17-35H2,1H3,(H2,73,96)(H2,74,97)(H2,75,98)(H2,76,99)(H2,77,100)(H2,78,101)(H2,79,104)(H,84,95)(H,85,107)(H,86,108)(H,87,106)(H,88,109)(H,89,112)(H,90,114)(H,91,113)(H,92,105)(H,93,110)(H,94,111)(H,102,103)(H4,80,81,82)/t43-,44-,45-,46-,47-,48-,49-,50-,51-,52-,53-/m0/s1. The van der Waals surface area contributed by atoms with Gasteiger partial charge in [0.2, 0.25) is 106 Å². The van der Waals surface area contributed by atoms with Gasteiger partial charge in [0.15, 0.2) is 5.96 Å². The lowest BCUT2D eigenvalue weighted by Crippen LogP contribution is -2.61. The number of rotatable bonds is 53. The normalized spacial score (nSPS) is 13.8. The number of carbonyl (C=O) groups is 19. The molecule has 0 radical (unpaired) electrons. The van der Waals surface area contributed by atoms with Crippen molar-refractivity contribution in [2.24, 2.45) is 45.9 Å². The van der Waals surface area contributed by atoms with E-state index >= 15 is 14.4 Å². The number of guanidine groups is 1. The van der Waals surface area contributed by atoms with E-state index in [0.29, 0.717) is 27.6 Å². The van der Waals surface area contributed by atoms with Gasteiger partial charge in [-0.3, -0.25) is 96.5 Å². The molecule has 618 valence electrons. The zero-order chi connectivity index (χ0) is 84.7. The van der Waals surface area contributed by atoms with E-state index in [-0.39, 0.29) is 45.1 Å². The third-order valence-corrected chi connectivity index (χ3v) is 17.4. The minimum atomic E-state index is -1.87. The lowest BCUT2D eigenvalue weighted by Gasteiger charge is -2.28. The lowest BCUT2D eigenvalue weighted by atomic mass is 10.0. The van der Waals surface area contributed by atoms with Crippen LogP contribution in [0.3, 0.4) is 0 Å². The van der Waals surface area contributed by atoms with Gasteiger partial charge >= 0.3 is 5.97 Å². The number of primary amides is 7. The second-order valence-electron chi connectivity index (χ2n) is 26.7. The van der Waals surface area contributed by atoms with Crippen LogP contribution in [-0.2, 0) is 110 Å². The van der Waals surface area contributed by atoms with Gasteiger partial charge in [0.25, 0.3) is 0 Å². The first-order valence-electron chi connectivity index (χ1n) is 36.1. The minimum absolute atomic E-state index is 0.0163. The Morgan fingerprint density at radius 3 is 0.930 bits per heavy atom. The smallest absolute Gasteiger partial charge is 0.303 e. The number of hydrogen-bond donors (Lipinski definition) is 23. The van der Waals surface area contributed by atoms with Gasteiger partial charge in [0.05, 0.1) is 0 Å². The summed E-state index contributed by atoms with van der Waals surface area (Å²) in [5, 5.41) is 47.5. The van der Waals surface area contributed by atoms with E-state index in [9.17, 15) is 81.8 Å². The highest BCUT2D eigenvalue weighted by atomic mass is 16.4. The Balaban J connectivity index is 1.78. The van der Waals surface area contributed by atoms with E-state index in [0.717, 1.165) is 6.92 Å². The second-order valence-corrected chi connectivity index (χ2v) is 26.7. The van der Waals surface area contributed by atoms with Crippen molar-refractivity contribution in [1.29, 1.82) is 5.41 Å². The average Bonchev–Trinajstić information content (AvgIpc) is 1.63. The summed E-state index contributed by atoms with van der Waals surface area (Å²) >= 11 is 0. The first-order valence-corrected chi connectivity index (χ1v) is 36.1. The van der Waals surface area contributed by atoms with Crippen LogP contribution in [0.25, 0.3) is 10.9 Å². The SMILES string of the molecule is CC(=O)N[C@@H](CCC(N)=O)C(=O)N[C@@H](CCC(N)=O)C(=O)N[C@@H](CCCNC(=N)N)C(=O)N[C@@H](Cc1ccccc1)C(=O)N[C@@H](CCC(N)=O)C(=O)N[C@@H](Cc1c[nH]c2ccccc12)C(=O)N[C@@H](CCC(N)=O)C(=O)N[C@@H](Cc1ccccc1)C(=O)N[C@@H](CCC(=O)O)C(=O)N[C@@H](CCC(N)=O)C(=O)N[C@@H](CCC(N)=O)C(N)=O.